The van der Waals surface area contributed by atoms with Gasteiger partial charge in [0.15, 0.2) is 0 Å². The molecule has 0 aliphatic carbocycles. The van der Waals surface area contributed by atoms with E-state index in [1.165, 1.54) is 16.9 Å². The second kappa shape index (κ2) is 7.47. The number of amides is 1. The lowest BCUT2D eigenvalue weighted by Gasteiger charge is -2.19. The highest BCUT2D eigenvalue weighted by molar-refractivity contribution is 7.16. The molecule has 5 heteroatoms. The normalized spacial score (nSPS) is 12.9. The number of thiophene rings is 1. The number of rotatable bonds is 5. The van der Waals surface area contributed by atoms with Crippen molar-refractivity contribution >= 4 is 28.8 Å². The van der Waals surface area contributed by atoms with Crippen LogP contribution in [-0.2, 0) is 10.2 Å². The second-order valence-electron chi connectivity index (χ2n) is 6.40. The van der Waals surface area contributed by atoms with E-state index in [1.807, 2.05) is 36.4 Å². The fourth-order valence-electron chi connectivity index (χ4n) is 2.21. The number of carbonyl (C=O) groups is 1. The molecule has 0 fully saturated rings. The quantitative estimate of drug-likeness (QED) is 0.838. The van der Waals surface area contributed by atoms with E-state index in [4.69, 9.17) is 16.3 Å². The van der Waals surface area contributed by atoms with Crippen LogP contribution >= 0.6 is 22.9 Å². The van der Waals surface area contributed by atoms with Gasteiger partial charge in [-0.3, -0.25) is 4.79 Å². The van der Waals surface area contributed by atoms with E-state index >= 15 is 0 Å². The fraction of sp³-hybridized carbons (Fsp3) is 0.389. The van der Waals surface area contributed by atoms with Gasteiger partial charge in [0.25, 0.3) is 5.91 Å². The molecule has 1 amide bonds. The molecule has 1 aromatic carbocycles. The molecule has 0 aliphatic rings. The van der Waals surface area contributed by atoms with Crippen LogP contribution in [0.4, 0.5) is 0 Å². The Bertz CT molecular complexity index is 658. The average molecular weight is 352 g/mol. The third-order valence-corrected chi connectivity index (χ3v) is 4.98. The smallest absolute Gasteiger partial charge is 0.251 e. The van der Waals surface area contributed by atoms with Crippen molar-refractivity contribution < 1.29 is 9.53 Å². The topological polar surface area (TPSA) is 38.3 Å². The predicted molar refractivity (Wildman–Crippen MR) is 96.6 cm³/mol. The van der Waals surface area contributed by atoms with Crippen LogP contribution in [0.1, 0.15) is 47.7 Å². The lowest BCUT2D eigenvalue weighted by molar-refractivity contribution is 0.0837. The average Bonchev–Trinajstić information content (AvgIpc) is 2.93. The molecule has 1 N–H and O–H groups in total. The molecule has 2 aromatic rings. The standard InChI is InChI=1S/C18H22ClNO2S/c1-18(2,3)13-7-5-12(6-8-13)17(21)20-11-14(22-4)15-9-10-16(19)23-15/h5-10,14H,11H2,1-4H3,(H,20,21). The molecule has 1 aromatic heterocycles. The summed E-state index contributed by atoms with van der Waals surface area (Å²) in [5, 5.41) is 2.92. The molecule has 0 radical (unpaired) electrons. The van der Waals surface area contributed by atoms with Crippen LogP contribution < -0.4 is 5.32 Å². The van der Waals surface area contributed by atoms with E-state index < -0.39 is 0 Å². The third-order valence-electron chi connectivity index (χ3n) is 3.66. The number of ether oxygens (including phenoxy) is 1. The molecule has 0 bridgehead atoms. The zero-order chi connectivity index (χ0) is 17.0. The molecule has 2 rings (SSSR count). The third kappa shape index (κ3) is 4.80. The first-order valence-electron chi connectivity index (χ1n) is 7.48. The number of hydrogen-bond acceptors (Lipinski definition) is 3. The van der Waals surface area contributed by atoms with Gasteiger partial charge in [0.05, 0.1) is 4.34 Å². The molecule has 23 heavy (non-hydrogen) atoms. The summed E-state index contributed by atoms with van der Waals surface area (Å²) in [6.45, 7) is 6.86. The zero-order valence-electron chi connectivity index (χ0n) is 13.9. The zero-order valence-corrected chi connectivity index (χ0v) is 15.4. The summed E-state index contributed by atoms with van der Waals surface area (Å²) in [7, 11) is 1.63. The lowest BCUT2D eigenvalue weighted by Crippen LogP contribution is -2.28. The Hall–Kier alpha value is -1.36. The number of benzene rings is 1. The fourth-order valence-corrected chi connectivity index (χ4v) is 3.35. The van der Waals surface area contributed by atoms with Crippen molar-refractivity contribution in [2.24, 2.45) is 0 Å². The minimum absolute atomic E-state index is 0.0780. The van der Waals surface area contributed by atoms with Crippen LogP contribution in [0.15, 0.2) is 36.4 Å². The van der Waals surface area contributed by atoms with Crippen LogP contribution in [0.5, 0.6) is 0 Å². The summed E-state index contributed by atoms with van der Waals surface area (Å²) in [6.07, 6.45) is -0.190. The number of halogens is 1. The van der Waals surface area contributed by atoms with Crippen molar-refractivity contribution in [3.05, 3.63) is 56.7 Å². The van der Waals surface area contributed by atoms with Crippen LogP contribution in [0.25, 0.3) is 0 Å². The molecule has 124 valence electrons. The largest absolute Gasteiger partial charge is 0.374 e. The predicted octanol–water partition coefficient (Wildman–Crippen LogP) is 4.82. The number of nitrogens with one attached hydrogen (secondary N) is 1. The molecular weight excluding hydrogens is 330 g/mol. The number of carbonyl (C=O) groups excluding carboxylic acids is 1. The summed E-state index contributed by atoms with van der Waals surface area (Å²) in [4.78, 5) is 13.3. The van der Waals surface area contributed by atoms with Gasteiger partial charge in [-0.2, -0.15) is 0 Å². The van der Waals surface area contributed by atoms with Gasteiger partial charge in [-0.1, -0.05) is 44.5 Å². The Labute approximate surface area is 146 Å². The van der Waals surface area contributed by atoms with Crippen molar-refractivity contribution in [1.29, 1.82) is 0 Å². The minimum Gasteiger partial charge on any atom is -0.374 e. The first-order valence-corrected chi connectivity index (χ1v) is 8.67. The Kier molecular flexibility index (Phi) is 5.84. The maximum atomic E-state index is 12.3. The molecule has 0 spiro atoms. The summed E-state index contributed by atoms with van der Waals surface area (Å²) >= 11 is 7.41. The van der Waals surface area contributed by atoms with E-state index in [0.717, 1.165) is 4.88 Å². The minimum atomic E-state index is -0.190. The number of hydrogen-bond donors (Lipinski definition) is 1. The van der Waals surface area contributed by atoms with Gasteiger partial charge in [0.2, 0.25) is 0 Å². The monoisotopic (exact) mass is 351 g/mol. The van der Waals surface area contributed by atoms with Crippen molar-refractivity contribution in [1.82, 2.24) is 5.32 Å². The Morgan fingerprint density at radius 1 is 1.22 bits per heavy atom. The SMILES string of the molecule is COC(CNC(=O)c1ccc(C(C)(C)C)cc1)c1ccc(Cl)s1. The Morgan fingerprint density at radius 3 is 2.35 bits per heavy atom. The van der Waals surface area contributed by atoms with Crippen LogP contribution in [0.2, 0.25) is 4.34 Å². The molecule has 3 nitrogen and oxygen atoms in total. The molecule has 0 saturated carbocycles. The molecule has 1 unspecified atom stereocenters. The summed E-state index contributed by atoms with van der Waals surface area (Å²) in [6, 6.07) is 11.5. The van der Waals surface area contributed by atoms with Crippen molar-refractivity contribution in [2.45, 2.75) is 32.3 Å². The van der Waals surface area contributed by atoms with Gasteiger partial charge in [-0.15, -0.1) is 11.3 Å². The van der Waals surface area contributed by atoms with Crippen LogP contribution in [-0.4, -0.2) is 19.6 Å². The maximum absolute atomic E-state index is 12.3. The lowest BCUT2D eigenvalue weighted by atomic mass is 9.87. The van der Waals surface area contributed by atoms with Gasteiger partial charge in [0.1, 0.15) is 6.10 Å². The first kappa shape index (κ1) is 18.0. The highest BCUT2D eigenvalue weighted by atomic mass is 35.5. The highest BCUT2D eigenvalue weighted by Gasteiger charge is 2.16. The van der Waals surface area contributed by atoms with E-state index in [1.54, 1.807) is 7.11 Å². The summed E-state index contributed by atoms with van der Waals surface area (Å²) in [5.41, 5.74) is 1.93. The summed E-state index contributed by atoms with van der Waals surface area (Å²) < 4.78 is 6.15. The first-order chi connectivity index (χ1) is 10.8. The maximum Gasteiger partial charge on any atom is 0.251 e. The van der Waals surface area contributed by atoms with E-state index in [2.05, 4.69) is 26.1 Å². The molecule has 0 saturated heterocycles. The molecule has 1 atom stereocenters. The van der Waals surface area contributed by atoms with E-state index in [-0.39, 0.29) is 17.4 Å². The van der Waals surface area contributed by atoms with Crippen LogP contribution in [0.3, 0.4) is 0 Å². The van der Waals surface area contributed by atoms with Gasteiger partial charge in [0, 0.05) is 24.1 Å². The van der Waals surface area contributed by atoms with E-state index in [9.17, 15) is 4.79 Å². The van der Waals surface area contributed by atoms with Crippen molar-refractivity contribution in [3.8, 4) is 0 Å². The second-order valence-corrected chi connectivity index (χ2v) is 8.15. The van der Waals surface area contributed by atoms with Gasteiger partial charge >= 0.3 is 0 Å². The molecule has 0 aliphatic heterocycles. The van der Waals surface area contributed by atoms with Gasteiger partial charge in [-0.05, 0) is 35.2 Å². The summed E-state index contributed by atoms with van der Waals surface area (Å²) in [5.74, 6) is -0.102. The number of methoxy groups -OCH3 is 1. The Balaban J connectivity index is 1.98. The van der Waals surface area contributed by atoms with Gasteiger partial charge < -0.3 is 10.1 Å². The van der Waals surface area contributed by atoms with Gasteiger partial charge in [-0.25, -0.2) is 0 Å². The highest BCUT2D eigenvalue weighted by Crippen LogP contribution is 2.28. The van der Waals surface area contributed by atoms with Crippen LogP contribution in [0, 0.1) is 0 Å². The van der Waals surface area contributed by atoms with E-state index in [0.29, 0.717) is 16.4 Å². The molecular formula is C18H22ClNO2S. The Morgan fingerprint density at radius 2 is 1.87 bits per heavy atom. The van der Waals surface area contributed by atoms with Crippen molar-refractivity contribution in [2.75, 3.05) is 13.7 Å². The van der Waals surface area contributed by atoms with Crippen molar-refractivity contribution in [3.63, 3.8) is 0 Å². The molecule has 1 heterocycles.